The fourth-order valence-electron chi connectivity index (χ4n) is 2.32. The fourth-order valence-corrected chi connectivity index (χ4v) is 4.63. The van der Waals surface area contributed by atoms with E-state index in [-0.39, 0.29) is 17.1 Å². The molecule has 0 aliphatic heterocycles. The van der Waals surface area contributed by atoms with E-state index in [0.717, 1.165) is 0 Å². The molecule has 0 saturated carbocycles. The number of sulfonamides is 1. The lowest BCUT2D eigenvalue weighted by atomic mass is 10.2. The summed E-state index contributed by atoms with van der Waals surface area (Å²) in [5, 5.41) is 9.49. The number of anilines is 1. The van der Waals surface area contributed by atoms with Crippen LogP contribution in [0.4, 0.5) is 5.69 Å². The lowest BCUT2D eigenvalue weighted by Crippen LogP contribution is -2.37. The van der Waals surface area contributed by atoms with Gasteiger partial charge in [-0.25, -0.2) is 8.42 Å². The smallest absolute Gasteiger partial charge is 0.239 e. The van der Waals surface area contributed by atoms with E-state index >= 15 is 0 Å². The minimum atomic E-state index is -3.61. The molecule has 138 valence electrons. The molecule has 0 fully saturated rings. The molecule has 0 aliphatic rings. The van der Waals surface area contributed by atoms with Crippen LogP contribution >= 0.6 is 31.9 Å². The van der Waals surface area contributed by atoms with Crippen LogP contribution in [0.3, 0.4) is 0 Å². The van der Waals surface area contributed by atoms with E-state index in [2.05, 4.69) is 31.9 Å². The normalized spacial score (nSPS) is 12.2. The Bertz CT molecular complexity index is 863. The van der Waals surface area contributed by atoms with Crippen LogP contribution in [0.15, 0.2) is 48.5 Å². The van der Waals surface area contributed by atoms with Gasteiger partial charge in [0.05, 0.1) is 30.2 Å². The highest BCUT2D eigenvalue weighted by Gasteiger charge is 2.25. The predicted molar refractivity (Wildman–Crippen MR) is 111 cm³/mol. The van der Waals surface area contributed by atoms with Crippen molar-refractivity contribution in [1.29, 1.82) is 5.26 Å². The van der Waals surface area contributed by atoms with Gasteiger partial charge in [-0.1, -0.05) is 44.0 Å². The van der Waals surface area contributed by atoms with Gasteiger partial charge in [0.15, 0.2) is 0 Å². The summed E-state index contributed by atoms with van der Waals surface area (Å²) in [7, 11) is -2.05. The Labute approximate surface area is 170 Å². The molecule has 8 heteroatoms. The number of methoxy groups -OCH3 is 1. The van der Waals surface area contributed by atoms with Crippen LogP contribution < -0.4 is 9.04 Å². The Morgan fingerprint density at radius 2 is 1.77 bits per heavy atom. The molecule has 0 spiro atoms. The maximum atomic E-state index is 13.1. The van der Waals surface area contributed by atoms with Crippen molar-refractivity contribution in [2.75, 3.05) is 23.3 Å². The number of alkyl halides is 2. The van der Waals surface area contributed by atoms with E-state index in [1.165, 1.54) is 4.31 Å². The van der Waals surface area contributed by atoms with Gasteiger partial charge in [-0.3, -0.25) is 4.31 Å². The average Bonchev–Trinajstić information content (AvgIpc) is 2.66. The summed E-state index contributed by atoms with van der Waals surface area (Å²) < 4.78 is 32.6. The van der Waals surface area contributed by atoms with E-state index in [1.807, 2.05) is 6.07 Å². The summed E-state index contributed by atoms with van der Waals surface area (Å²) in [5.74, 6) is 0.515. The van der Waals surface area contributed by atoms with E-state index in [0.29, 0.717) is 27.9 Å². The summed E-state index contributed by atoms with van der Waals surface area (Å²) in [6, 6.07) is 15.5. The van der Waals surface area contributed by atoms with Gasteiger partial charge < -0.3 is 4.74 Å². The zero-order chi connectivity index (χ0) is 19.2. The molecular formula is C18H18Br2N2O3S. The van der Waals surface area contributed by atoms with Crippen molar-refractivity contribution in [3.63, 3.8) is 0 Å². The van der Waals surface area contributed by atoms with Crippen molar-refractivity contribution < 1.29 is 13.2 Å². The number of hydrogen-bond acceptors (Lipinski definition) is 4. The molecule has 1 atom stereocenters. The summed E-state index contributed by atoms with van der Waals surface area (Å²) in [5.41, 5.74) is 1.70. The molecule has 2 aromatic rings. The van der Waals surface area contributed by atoms with Gasteiger partial charge in [-0.2, -0.15) is 5.26 Å². The highest BCUT2D eigenvalue weighted by Crippen LogP contribution is 2.25. The molecule has 2 rings (SSSR count). The SMILES string of the molecule is COc1ccc(N(CC(Br)CBr)S(=O)(=O)Cc2ccc(C#N)cc2)cc1. The second-order valence-corrected chi connectivity index (χ2v) is 9.38. The minimum Gasteiger partial charge on any atom is -0.497 e. The molecule has 1 unspecified atom stereocenters. The van der Waals surface area contributed by atoms with E-state index < -0.39 is 10.0 Å². The second-order valence-electron chi connectivity index (χ2n) is 5.55. The van der Waals surface area contributed by atoms with Crippen LogP contribution in [0.25, 0.3) is 0 Å². The van der Waals surface area contributed by atoms with E-state index in [1.54, 1.807) is 55.6 Å². The third-order valence-corrected chi connectivity index (χ3v) is 7.65. The zero-order valence-corrected chi connectivity index (χ0v) is 18.1. The van der Waals surface area contributed by atoms with Gasteiger partial charge in [0.2, 0.25) is 10.0 Å². The van der Waals surface area contributed by atoms with Crippen molar-refractivity contribution in [3.05, 3.63) is 59.7 Å². The van der Waals surface area contributed by atoms with Crippen molar-refractivity contribution in [2.24, 2.45) is 0 Å². The van der Waals surface area contributed by atoms with Crippen molar-refractivity contribution in [3.8, 4) is 11.8 Å². The Balaban J connectivity index is 2.33. The molecule has 2 aromatic carbocycles. The van der Waals surface area contributed by atoms with Crippen molar-refractivity contribution in [1.82, 2.24) is 0 Å². The molecule has 0 aliphatic carbocycles. The van der Waals surface area contributed by atoms with E-state index in [9.17, 15) is 8.42 Å². The van der Waals surface area contributed by atoms with Crippen LogP contribution in [0.5, 0.6) is 5.75 Å². The first-order valence-corrected chi connectivity index (χ1v) is 11.4. The number of nitriles is 1. The number of nitrogens with zero attached hydrogens (tertiary/aromatic N) is 2. The number of hydrogen-bond donors (Lipinski definition) is 0. The molecule has 0 saturated heterocycles. The highest BCUT2D eigenvalue weighted by molar-refractivity contribution is 9.12. The molecule has 26 heavy (non-hydrogen) atoms. The van der Waals surface area contributed by atoms with Gasteiger partial charge in [0.1, 0.15) is 5.75 Å². The van der Waals surface area contributed by atoms with Gasteiger partial charge in [0, 0.05) is 16.7 Å². The van der Waals surface area contributed by atoms with Gasteiger partial charge in [-0.05, 0) is 42.0 Å². The number of benzene rings is 2. The number of halogens is 2. The zero-order valence-electron chi connectivity index (χ0n) is 14.1. The minimum absolute atomic E-state index is 0.0414. The topological polar surface area (TPSA) is 70.4 Å². The van der Waals surface area contributed by atoms with Gasteiger partial charge in [0.25, 0.3) is 0 Å². The monoisotopic (exact) mass is 500 g/mol. The van der Waals surface area contributed by atoms with E-state index in [4.69, 9.17) is 10.00 Å². The van der Waals surface area contributed by atoms with Crippen molar-refractivity contribution >= 4 is 47.6 Å². The molecule has 0 radical (unpaired) electrons. The van der Waals surface area contributed by atoms with Crippen LogP contribution in [0.2, 0.25) is 0 Å². The fraction of sp³-hybridized carbons (Fsp3) is 0.278. The number of ether oxygens (including phenoxy) is 1. The predicted octanol–water partition coefficient (Wildman–Crippen LogP) is 4.06. The largest absolute Gasteiger partial charge is 0.497 e. The molecular weight excluding hydrogens is 484 g/mol. The first-order valence-electron chi connectivity index (χ1n) is 7.73. The summed E-state index contributed by atoms with van der Waals surface area (Å²) >= 11 is 6.86. The lowest BCUT2D eigenvalue weighted by Gasteiger charge is -2.26. The van der Waals surface area contributed by atoms with Crippen LogP contribution in [-0.2, 0) is 15.8 Å². The maximum Gasteiger partial charge on any atom is 0.239 e. The van der Waals surface area contributed by atoms with Gasteiger partial charge >= 0.3 is 0 Å². The Kier molecular flexibility index (Phi) is 7.50. The third-order valence-electron chi connectivity index (χ3n) is 3.66. The Hall–Kier alpha value is -1.56. The average molecular weight is 502 g/mol. The van der Waals surface area contributed by atoms with Crippen molar-refractivity contribution in [2.45, 2.75) is 10.6 Å². The lowest BCUT2D eigenvalue weighted by molar-refractivity contribution is 0.415. The molecule has 0 bridgehead atoms. The van der Waals surface area contributed by atoms with Gasteiger partial charge in [-0.15, -0.1) is 0 Å². The first-order chi connectivity index (χ1) is 12.4. The highest BCUT2D eigenvalue weighted by atomic mass is 79.9. The van der Waals surface area contributed by atoms with Crippen LogP contribution in [0, 0.1) is 11.3 Å². The molecule has 0 heterocycles. The second kappa shape index (κ2) is 9.40. The summed E-state index contributed by atoms with van der Waals surface area (Å²) in [4.78, 5) is -0.0414. The summed E-state index contributed by atoms with van der Waals surface area (Å²) in [6.45, 7) is 0.288. The van der Waals surface area contributed by atoms with Crippen LogP contribution in [-0.4, -0.2) is 32.2 Å². The summed E-state index contributed by atoms with van der Waals surface area (Å²) in [6.07, 6.45) is 0. The third kappa shape index (κ3) is 5.47. The quantitative estimate of drug-likeness (QED) is 0.511. The Morgan fingerprint density at radius 1 is 1.15 bits per heavy atom. The molecule has 5 nitrogen and oxygen atoms in total. The molecule has 0 amide bonds. The van der Waals surface area contributed by atoms with Crippen LogP contribution in [0.1, 0.15) is 11.1 Å². The molecule has 0 N–H and O–H groups in total. The number of rotatable bonds is 8. The maximum absolute atomic E-state index is 13.1. The standard InChI is InChI=1S/C18H18Br2N2O3S/c1-25-18-8-6-17(7-9-18)22(12-16(20)10-19)26(23,24)13-15-4-2-14(11-21)3-5-15/h2-9,16H,10,12-13H2,1H3. The molecule has 0 aromatic heterocycles. The Morgan fingerprint density at radius 3 is 2.27 bits per heavy atom. The first kappa shape index (κ1) is 20.7.